The lowest BCUT2D eigenvalue weighted by Gasteiger charge is -2.10. The van der Waals surface area contributed by atoms with E-state index in [1.54, 1.807) is 0 Å². The molecule has 0 bridgehead atoms. The Morgan fingerprint density at radius 3 is 1.80 bits per heavy atom. The maximum absolute atomic E-state index is 4.34. The first-order chi connectivity index (χ1) is 9.71. The van der Waals surface area contributed by atoms with Crippen LogP contribution in [0, 0.1) is 6.92 Å². The van der Waals surface area contributed by atoms with Crippen molar-refractivity contribution >= 4 is 23.5 Å². The summed E-state index contributed by atoms with van der Waals surface area (Å²) in [5, 5.41) is 9.39. The van der Waals surface area contributed by atoms with E-state index in [-0.39, 0.29) is 0 Å². The number of nitrogens with one attached hydrogen (secondary N) is 3. The van der Waals surface area contributed by atoms with E-state index >= 15 is 0 Å². The van der Waals surface area contributed by atoms with Crippen molar-refractivity contribution in [1.82, 2.24) is 15.0 Å². The number of aromatic nitrogens is 3. The summed E-state index contributed by atoms with van der Waals surface area (Å²) >= 11 is 0. The molecular formula is C14H20N6. The third-order valence-corrected chi connectivity index (χ3v) is 2.61. The van der Waals surface area contributed by atoms with Crippen LogP contribution in [0.3, 0.4) is 0 Å². The number of nitrogens with zero attached hydrogens (tertiary/aromatic N) is 3. The van der Waals surface area contributed by atoms with Gasteiger partial charge in [-0.05, 0) is 32.9 Å². The highest BCUT2D eigenvalue weighted by molar-refractivity contribution is 5.55. The lowest BCUT2D eigenvalue weighted by molar-refractivity contribution is 1.00. The van der Waals surface area contributed by atoms with Gasteiger partial charge in [0.15, 0.2) is 0 Å². The van der Waals surface area contributed by atoms with E-state index in [2.05, 4.69) is 37.8 Å². The average Bonchev–Trinajstić information content (AvgIpc) is 2.42. The molecular weight excluding hydrogens is 252 g/mol. The van der Waals surface area contributed by atoms with Crippen molar-refractivity contribution in [3.63, 3.8) is 0 Å². The molecule has 1 aromatic carbocycles. The van der Waals surface area contributed by atoms with Crippen LogP contribution in [0.1, 0.15) is 19.4 Å². The zero-order chi connectivity index (χ0) is 14.4. The van der Waals surface area contributed by atoms with Crippen LogP contribution in [0.25, 0.3) is 0 Å². The Labute approximate surface area is 119 Å². The molecule has 0 amide bonds. The minimum atomic E-state index is 0.524. The van der Waals surface area contributed by atoms with Gasteiger partial charge < -0.3 is 16.0 Å². The van der Waals surface area contributed by atoms with Crippen molar-refractivity contribution in [3.05, 3.63) is 29.8 Å². The molecule has 106 valence electrons. The van der Waals surface area contributed by atoms with Gasteiger partial charge in [-0.3, -0.25) is 0 Å². The van der Waals surface area contributed by atoms with E-state index in [0.717, 1.165) is 18.8 Å². The third kappa shape index (κ3) is 3.81. The quantitative estimate of drug-likeness (QED) is 0.751. The van der Waals surface area contributed by atoms with Gasteiger partial charge in [0.05, 0.1) is 0 Å². The number of aryl methyl sites for hydroxylation is 1. The fourth-order valence-electron chi connectivity index (χ4n) is 1.67. The highest BCUT2D eigenvalue weighted by Crippen LogP contribution is 2.16. The van der Waals surface area contributed by atoms with Crippen LogP contribution in [0.15, 0.2) is 24.3 Å². The van der Waals surface area contributed by atoms with Gasteiger partial charge in [0.2, 0.25) is 17.8 Å². The first-order valence-corrected chi connectivity index (χ1v) is 6.78. The lowest BCUT2D eigenvalue weighted by atomic mass is 10.2. The topological polar surface area (TPSA) is 74.8 Å². The highest BCUT2D eigenvalue weighted by atomic mass is 15.3. The van der Waals surface area contributed by atoms with Crippen LogP contribution in [-0.2, 0) is 0 Å². The van der Waals surface area contributed by atoms with Gasteiger partial charge in [-0.25, -0.2) is 0 Å². The number of hydrogen-bond donors (Lipinski definition) is 3. The summed E-state index contributed by atoms with van der Waals surface area (Å²) in [5.74, 6) is 1.65. The van der Waals surface area contributed by atoms with E-state index in [1.807, 2.05) is 38.1 Å². The van der Waals surface area contributed by atoms with Gasteiger partial charge in [0.1, 0.15) is 0 Å². The predicted molar refractivity (Wildman–Crippen MR) is 82.6 cm³/mol. The van der Waals surface area contributed by atoms with E-state index in [0.29, 0.717) is 17.8 Å². The molecule has 2 aromatic rings. The molecule has 0 fully saturated rings. The molecule has 20 heavy (non-hydrogen) atoms. The summed E-state index contributed by atoms with van der Waals surface area (Å²) in [7, 11) is 0. The molecule has 0 aliphatic heterocycles. The van der Waals surface area contributed by atoms with E-state index < -0.39 is 0 Å². The number of hydrogen-bond acceptors (Lipinski definition) is 6. The Morgan fingerprint density at radius 2 is 1.30 bits per heavy atom. The van der Waals surface area contributed by atoms with Crippen LogP contribution in [-0.4, -0.2) is 28.0 Å². The van der Waals surface area contributed by atoms with Crippen molar-refractivity contribution in [2.75, 3.05) is 29.0 Å². The first-order valence-electron chi connectivity index (χ1n) is 6.78. The van der Waals surface area contributed by atoms with Crippen molar-refractivity contribution in [3.8, 4) is 0 Å². The zero-order valence-corrected chi connectivity index (χ0v) is 12.1. The summed E-state index contributed by atoms with van der Waals surface area (Å²) in [5.41, 5.74) is 2.17. The molecule has 1 aromatic heterocycles. The standard InChI is InChI=1S/C14H20N6/c1-4-15-12-18-13(16-5-2)20-14(19-12)17-11-8-6-10(3)7-9-11/h6-9H,4-5H2,1-3H3,(H3,15,16,17,18,19,20). The smallest absolute Gasteiger partial charge is 0.233 e. The Morgan fingerprint density at radius 1 is 0.800 bits per heavy atom. The van der Waals surface area contributed by atoms with Gasteiger partial charge in [-0.15, -0.1) is 0 Å². The second-order valence-corrected chi connectivity index (χ2v) is 4.36. The molecule has 0 atom stereocenters. The number of rotatable bonds is 6. The van der Waals surface area contributed by atoms with Crippen LogP contribution in [0.2, 0.25) is 0 Å². The van der Waals surface area contributed by atoms with Gasteiger partial charge in [-0.1, -0.05) is 17.7 Å². The summed E-state index contributed by atoms with van der Waals surface area (Å²) < 4.78 is 0. The molecule has 0 saturated carbocycles. The normalized spacial score (nSPS) is 10.2. The number of benzene rings is 1. The molecule has 0 aliphatic carbocycles. The highest BCUT2D eigenvalue weighted by Gasteiger charge is 2.05. The van der Waals surface area contributed by atoms with Crippen LogP contribution in [0.5, 0.6) is 0 Å². The molecule has 0 unspecified atom stereocenters. The maximum atomic E-state index is 4.34. The van der Waals surface area contributed by atoms with Crippen molar-refractivity contribution in [1.29, 1.82) is 0 Å². The largest absolute Gasteiger partial charge is 0.354 e. The van der Waals surface area contributed by atoms with Crippen molar-refractivity contribution < 1.29 is 0 Å². The summed E-state index contributed by atoms with van der Waals surface area (Å²) in [6, 6.07) is 8.08. The maximum Gasteiger partial charge on any atom is 0.233 e. The van der Waals surface area contributed by atoms with Crippen LogP contribution in [0.4, 0.5) is 23.5 Å². The zero-order valence-electron chi connectivity index (χ0n) is 12.1. The molecule has 1 heterocycles. The SMILES string of the molecule is CCNc1nc(NCC)nc(Nc2ccc(C)cc2)n1. The number of anilines is 4. The third-order valence-electron chi connectivity index (χ3n) is 2.61. The van der Waals surface area contributed by atoms with E-state index in [4.69, 9.17) is 0 Å². The molecule has 2 rings (SSSR count). The Bertz CT molecular complexity index is 528. The fraction of sp³-hybridized carbons (Fsp3) is 0.357. The second kappa shape index (κ2) is 6.70. The molecule has 0 radical (unpaired) electrons. The Kier molecular flexibility index (Phi) is 4.70. The molecule has 0 aliphatic rings. The van der Waals surface area contributed by atoms with Gasteiger partial charge >= 0.3 is 0 Å². The molecule has 0 saturated heterocycles. The predicted octanol–water partition coefficient (Wildman–Crippen LogP) is 2.79. The fourth-order valence-corrected chi connectivity index (χ4v) is 1.67. The summed E-state index contributed by atoms with van der Waals surface area (Å²) in [6.45, 7) is 7.59. The van der Waals surface area contributed by atoms with Gasteiger partial charge in [0, 0.05) is 18.8 Å². The average molecular weight is 272 g/mol. The monoisotopic (exact) mass is 272 g/mol. The molecule has 6 heteroatoms. The Hall–Kier alpha value is -2.37. The summed E-state index contributed by atoms with van der Waals surface area (Å²) in [4.78, 5) is 13.0. The first kappa shape index (κ1) is 14.0. The van der Waals surface area contributed by atoms with Crippen molar-refractivity contribution in [2.45, 2.75) is 20.8 Å². The minimum Gasteiger partial charge on any atom is -0.354 e. The lowest BCUT2D eigenvalue weighted by Crippen LogP contribution is -2.10. The van der Waals surface area contributed by atoms with E-state index in [9.17, 15) is 0 Å². The van der Waals surface area contributed by atoms with E-state index in [1.165, 1.54) is 5.56 Å². The second-order valence-electron chi connectivity index (χ2n) is 4.36. The van der Waals surface area contributed by atoms with Crippen LogP contribution >= 0.6 is 0 Å². The van der Waals surface area contributed by atoms with Crippen LogP contribution < -0.4 is 16.0 Å². The Balaban J connectivity index is 2.22. The van der Waals surface area contributed by atoms with Gasteiger partial charge in [0.25, 0.3) is 0 Å². The molecule has 3 N–H and O–H groups in total. The minimum absolute atomic E-state index is 0.524. The molecule has 6 nitrogen and oxygen atoms in total. The molecule has 0 spiro atoms. The van der Waals surface area contributed by atoms with Crippen molar-refractivity contribution in [2.24, 2.45) is 0 Å². The van der Waals surface area contributed by atoms with Gasteiger partial charge in [-0.2, -0.15) is 15.0 Å². The summed E-state index contributed by atoms with van der Waals surface area (Å²) in [6.07, 6.45) is 0.